The first kappa shape index (κ1) is 16.3. The number of imidazole rings is 1. The summed E-state index contributed by atoms with van der Waals surface area (Å²) in [5.74, 6) is 0.728. The highest BCUT2D eigenvalue weighted by atomic mass is 32.1. The van der Waals surface area contributed by atoms with Crippen LogP contribution < -0.4 is 5.32 Å². The zero-order valence-corrected chi connectivity index (χ0v) is 15.0. The molecular formula is C19H17N5OS. The van der Waals surface area contributed by atoms with Crippen molar-refractivity contribution in [1.29, 1.82) is 0 Å². The normalized spacial score (nSPS) is 10.8. The van der Waals surface area contributed by atoms with Crippen LogP contribution in [-0.2, 0) is 6.54 Å². The molecule has 0 fully saturated rings. The third kappa shape index (κ3) is 3.43. The summed E-state index contributed by atoms with van der Waals surface area (Å²) >= 11 is 1.53. The second kappa shape index (κ2) is 6.97. The van der Waals surface area contributed by atoms with Gasteiger partial charge in [0.25, 0.3) is 0 Å². The molecule has 0 saturated heterocycles. The number of benzene rings is 2. The van der Waals surface area contributed by atoms with Crippen LogP contribution in [0, 0.1) is 0 Å². The minimum absolute atomic E-state index is 0.160. The minimum atomic E-state index is -0.160. The molecule has 2 aromatic carbocycles. The number of fused-ring (bicyclic) bond motifs is 1. The molecule has 0 unspecified atom stereocenters. The summed E-state index contributed by atoms with van der Waals surface area (Å²) in [4.78, 5) is 26.1. The van der Waals surface area contributed by atoms with E-state index in [0.29, 0.717) is 6.54 Å². The van der Waals surface area contributed by atoms with Crippen molar-refractivity contribution in [2.24, 2.45) is 0 Å². The van der Waals surface area contributed by atoms with Crippen LogP contribution in [0.5, 0.6) is 0 Å². The van der Waals surface area contributed by atoms with Crippen LogP contribution in [0.2, 0.25) is 0 Å². The molecule has 0 radical (unpaired) electrons. The molecule has 0 saturated carbocycles. The Bertz CT molecular complexity index is 1030. The number of amides is 2. The van der Waals surface area contributed by atoms with E-state index < -0.39 is 0 Å². The van der Waals surface area contributed by atoms with Crippen LogP contribution in [-0.4, -0.2) is 32.9 Å². The highest BCUT2D eigenvalue weighted by Crippen LogP contribution is 2.23. The van der Waals surface area contributed by atoms with E-state index in [-0.39, 0.29) is 6.03 Å². The van der Waals surface area contributed by atoms with Crippen LogP contribution in [0.15, 0.2) is 59.4 Å². The van der Waals surface area contributed by atoms with Crippen molar-refractivity contribution < 1.29 is 4.79 Å². The number of hydrogen-bond donors (Lipinski definition) is 2. The number of carbonyl (C=O) groups is 1. The number of anilines is 1. The summed E-state index contributed by atoms with van der Waals surface area (Å²) in [6.45, 7) is 0.549. The second-order valence-electron chi connectivity index (χ2n) is 5.96. The van der Waals surface area contributed by atoms with Crippen LogP contribution in [0.25, 0.3) is 22.6 Å². The molecule has 26 heavy (non-hydrogen) atoms. The largest absolute Gasteiger partial charge is 0.337 e. The number of thiazole rings is 1. The van der Waals surface area contributed by atoms with Gasteiger partial charge in [0, 0.05) is 24.7 Å². The van der Waals surface area contributed by atoms with Gasteiger partial charge in [-0.2, -0.15) is 0 Å². The van der Waals surface area contributed by atoms with Crippen LogP contribution in [0.4, 0.5) is 10.5 Å². The lowest BCUT2D eigenvalue weighted by Gasteiger charge is -2.18. The molecule has 130 valence electrons. The second-order valence-corrected chi connectivity index (χ2v) is 6.68. The van der Waals surface area contributed by atoms with E-state index in [1.54, 1.807) is 17.5 Å². The summed E-state index contributed by atoms with van der Waals surface area (Å²) in [5, 5.41) is 4.87. The van der Waals surface area contributed by atoms with Gasteiger partial charge in [-0.25, -0.2) is 14.8 Å². The number of hydrogen-bond acceptors (Lipinski definition) is 4. The van der Waals surface area contributed by atoms with E-state index in [4.69, 9.17) is 0 Å². The molecule has 0 spiro atoms. The molecule has 0 bridgehead atoms. The topological polar surface area (TPSA) is 73.9 Å². The molecule has 0 aliphatic carbocycles. The van der Waals surface area contributed by atoms with E-state index in [1.165, 1.54) is 11.3 Å². The molecule has 0 aliphatic heterocycles. The Morgan fingerprint density at radius 2 is 2.08 bits per heavy atom. The van der Waals surface area contributed by atoms with Crippen molar-refractivity contribution in [2.75, 3.05) is 12.4 Å². The first-order chi connectivity index (χ1) is 12.7. The molecule has 0 atom stereocenters. The van der Waals surface area contributed by atoms with Crippen molar-refractivity contribution in [3.8, 4) is 11.5 Å². The average molecular weight is 363 g/mol. The van der Waals surface area contributed by atoms with Crippen LogP contribution in [0.1, 0.15) is 5.56 Å². The highest BCUT2D eigenvalue weighted by Gasteiger charge is 2.11. The molecule has 4 rings (SSSR count). The van der Waals surface area contributed by atoms with Crippen molar-refractivity contribution in [1.82, 2.24) is 19.9 Å². The smallest absolute Gasteiger partial charge is 0.321 e. The first-order valence-corrected chi connectivity index (χ1v) is 9.08. The zero-order chi connectivity index (χ0) is 17.9. The Kier molecular flexibility index (Phi) is 4.37. The van der Waals surface area contributed by atoms with Crippen molar-refractivity contribution in [3.05, 3.63) is 65.0 Å². The highest BCUT2D eigenvalue weighted by molar-refractivity contribution is 7.07. The SMILES string of the molecule is CN(Cc1ccccc1)C(=O)Nc1ccc2nc(-c3cscn3)[nH]c2c1. The third-order valence-electron chi connectivity index (χ3n) is 4.02. The molecule has 2 aromatic heterocycles. The number of H-pyrrole nitrogens is 1. The summed E-state index contributed by atoms with van der Waals surface area (Å²) in [6, 6.07) is 15.3. The lowest BCUT2D eigenvalue weighted by atomic mass is 10.2. The van der Waals surface area contributed by atoms with E-state index in [1.807, 2.05) is 53.9 Å². The van der Waals surface area contributed by atoms with Gasteiger partial charge in [0.1, 0.15) is 5.69 Å². The molecule has 2 amide bonds. The molecule has 6 nitrogen and oxygen atoms in total. The van der Waals surface area contributed by atoms with E-state index in [9.17, 15) is 4.79 Å². The van der Waals surface area contributed by atoms with Crippen LogP contribution in [0.3, 0.4) is 0 Å². The summed E-state index contributed by atoms with van der Waals surface area (Å²) in [6.07, 6.45) is 0. The van der Waals surface area contributed by atoms with Gasteiger partial charge in [0.15, 0.2) is 5.82 Å². The predicted molar refractivity (Wildman–Crippen MR) is 104 cm³/mol. The lowest BCUT2D eigenvalue weighted by Crippen LogP contribution is -2.30. The monoisotopic (exact) mass is 363 g/mol. The average Bonchev–Trinajstić information content (AvgIpc) is 3.31. The van der Waals surface area contributed by atoms with E-state index in [2.05, 4.69) is 20.3 Å². The number of carbonyl (C=O) groups excluding carboxylic acids is 1. The van der Waals surface area contributed by atoms with Crippen molar-refractivity contribution in [3.63, 3.8) is 0 Å². The Morgan fingerprint density at radius 3 is 2.85 bits per heavy atom. The van der Waals surface area contributed by atoms with E-state index >= 15 is 0 Å². The van der Waals surface area contributed by atoms with Gasteiger partial charge in [0.2, 0.25) is 0 Å². The maximum Gasteiger partial charge on any atom is 0.321 e. The van der Waals surface area contributed by atoms with Crippen molar-refractivity contribution in [2.45, 2.75) is 6.54 Å². The number of nitrogens with zero attached hydrogens (tertiary/aromatic N) is 3. The number of rotatable bonds is 4. The fourth-order valence-electron chi connectivity index (χ4n) is 2.69. The Balaban J connectivity index is 1.49. The fourth-order valence-corrected chi connectivity index (χ4v) is 3.22. The first-order valence-electron chi connectivity index (χ1n) is 8.13. The van der Waals surface area contributed by atoms with Gasteiger partial charge in [-0.15, -0.1) is 11.3 Å². The molecule has 7 heteroatoms. The Hall–Kier alpha value is -3.19. The number of aromatic nitrogens is 3. The van der Waals surface area contributed by atoms with Gasteiger partial charge in [0.05, 0.1) is 16.5 Å². The molecule has 2 N–H and O–H groups in total. The van der Waals surface area contributed by atoms with Gasteiger partial charge < -0.3 is 15.2 Å². The Morgan fingerprint density at radius 1 is 1.23 bits per heavy atom. The van der Waals surface area contributed by atoms with E-state index in [0.717, 1.165) is 33.8 Å². The molecule has 4 aromatic rings. The molecular weight excluding hydrogens is 346 g/mol. The zero-order valence-electron chi connectivity index (χ0n) is 14.1. The standard InChI is InChI=1S/C19H17N5OS/c1-24(10-13-5-3-2-4-6-13)19(25)21-14-7-8-15-16(9-14)23-18(22-15)17-11-26-12-20-17/h2-9,11-12H,10H2,1H3,(H,21,25)(H,22,23). The van der Waals surface area contributed by atoms with Crippen LogP contribution >= 0.6 is 11.3 Å². The Labute approximate surface area is 154 Å². The van der Waals surface area contributed by atoms with Crippen molar-refractivity contribution >= 4 is 34.1 Å². The number of nitrogens with one attached hydrogen (secondary N) is 2. The maximum atomic E-state index is 12.4. The number of aromatic amines is 1. The molecule has 2 heterocycles. The predicted octanol–water partition coefficient (Wildman–Crippen LogP) is 4.35. The fraction of sp³-hybridized carbons (Fsp3) is 0.105. The number of urea groups is 1. The van der Waals surface area contributed by atoms with Gasteiger partial charge in [-0.05, 0) is 23.8 Å². The summed E-state index contributed by atoms with van der Waals surface area (Å²) in [5.41, 5.74) is 6.09. The van der Waals surface area contributed by atoms with Gasteiger partial charge >= 0.3 is 6.03 Å². The summed E-state index contributed by atoms with van der Waals surface area (Å²) < 4.78 is 0. The lowest BCUT2D eigenvalue weighted by molar-refractivity contribution is 0.220. The van der Waals surface area contributed by atoms with Gasteiger partial charge in [-0.1, -0.05) is 30.3 Å². The maximum absolute atomic E-state index is 12.4. The third-order valence-corrected chi connectivity index (χ3v) is 4.60. The summed E-state index contributed by atoms with van der Waals surface area (Å²) in [7, 11) is 1.78. The molecule has 0 aliphatic rings. The van der Waals surface area contributed by atoms with Gasteiger partial charge in [-0.3, -0.25) is 0 Å². The minimum Gasteiger partial charge on any atom is -0.337 e. The quantitative estimate of drug-likeness (QED) is 0.566.